The molecule has 3 rings (SSSR count). The van der Waals surface area contributed by atoms with E-state index >= 15 is 0 Å². The summed E-state index contributed by atoms with van der Waals surface area (Å²) < 4.78 is 54.3. The van der Waals surface area contributed by atoms with Crippen LogP contribution < -0.4 is 5.73 Å². The highest BCUT2D eigenvalue weighted by Gasteiger charge is 2.33. The smallest absolute Gasteiger partial charge is 0.243 e. The summed E-state index contributed by atoms with van der Waals surface area (Å²) in [5.74, 6) is 0. The minimum absolute atomic E-state index is 0. The molecule has 0 saturated carbocycles. The first-order valence-corrected chi connectivity index (χ1v) is 11.5. The molecule has 0 amide bonds. The first-order chi connectivity index (χ1) is 11.7. The number of halogens is 1. The second kappa shape index (κ2) is 8.12. The largest absolute Gasteiger partial charge is 0.326 e. The maximum Gasteiger partial charge on any atom is 0.243 e. The van der Waals surface area contributed by atoms with Crippen LogP contribution in [0.1, 0.15) is 31.2 Å². The topological polar surface area (TPSA) is 101 Å². The zero-order valence-electron chi connectivity index (χ0n) is 14.8. The lowest BCUT2D eigenvalue weighted by Gasteiger charge is -2.27. The van der Waals surface area contributed by atoms with Gasteiger partial charge in [0.25, 0.3) is 0 Å². The molecule has 2 aliphatic rings. The van der Waals surface area contributed by atoms with Crippen molar-refractivity contribution in [2.24, 2.45) is 5.73 Å². The summed E-state index contributed by atoms with van der Waals surface area (Å²) in [4.78, 5) is 0.0988. The van der Waals surface area contributed by atoms with Crippen LogP contribution in [-0.2, 0) is 20.0 Å². The van der Waals surface area contributed by atoms with Gasteiger partial charge in [0.05, 0.1) is 9.79 Å². The molecule has 2 aliphatic heterocycles. The Kier molecular flexibility index (Phi) is 6.74. The lowest BCUT2D eigenvalue weighted by molar-refractivity contribution is 0.346. The van der Waals surface area contributed by atoms with Crippen molar-refractivity contribution in [3.63, 3.8) is 0 Å². The lowest BCUT2D eigenvalue weighted by atomic mass is 10.2. The van der Waals surface area contributed by atoms with Gasteiger partial charge in [-0.3, -0.25) is 0 Å². The highest BCUT2D eigenvalue weighted by molar-refractivity contribution is 7.90. The van der Waals surface area contributed by atoms with E-state index in [1.54, 1.807) is 13.0 Å². The Bertz CT molecular complexity index is 852. The Hall–Kier alpha value is -0.710. The van der Waals surface area contributed by atoms with Crippen molar-refractivity contribution >= 4 is 32.5 Å². The number of hydrogen-bond donors (Lipinski definition) is 1. The highest BCUT2D eigenvalue weighted by Crippen LogP contribution is 2.28. The molecule has 0 aromatic heterocycles. The molecule has 7 nitrogen and oxygen atoms in total. The number of benzene rings is 1. The standard InChI is InChI=1S/C16H25N3O4S2.ClH/c1-13-5-6-15(24(20,21)19-10-7-14(17)12-19)11-16(13)25(22,23)18-8-3-2-4-9-18;/h5-6,11,14H,2-4,7-10,12,17H2,1H3;1H/t14-;/m1./s1. The Labute approximate surface area is 162 Å². The molecule has 1 aromatic carbocycles. The van der Waals surface area contributed by atoms with Crippen molar-refractivity contribution in [3.8, 4) is 0 Å². The number of aryl methyl sites for hydroxylation is 1. The van der Waals surface area contributed by atoms with E-state index in [0.29, 0.717) is 31.6 Å². The van der Waals surface area contributed by atoms with Gasteiger partial charge in [-0.1, -0.05) is 12.5 Å². The fourth-order valence-electron chi connectivity index (χ4n) is 3.38. The Morgan fingerprint density at radius 3 is 2.19 bits per heavy atom. The first kappa shape index (κ1) is 21.6. The van der Waals surface area contributed by atoms with Crippen molar-refractivity contribution in [1.82, 2.24) is 8.61 Å². The average Bonchev–Trinajstić information content (AvgIpc) is 3.03. The summed E-state index contributed by atoms with van der Waals surface area (Å²) in [6, 6.07) is 4.18. The number of nitrogens with two attached hydrogens (primary N) is 1. The van der Waals surface area contributed by atoms with Crippen molar-refractivity contribution < 1.29 is 16.8 Å². The molecule has 2 N–H and O–H groups in total. The predicted molar refractivity (Wildman–Crippen MR) is 102 cm³/mol. The van der Waals surface area contributed by atoms with Gasteiger partial charge in [-0.05, 0) is 43.9 Å². The van der Waals surface area contributed by atoms with Crippen LogP contribution in [0.5, 0.6) is 0 Å². The summed E-state index contributed by atoms with van der Waals surface area (Å²) in [7, 11) is -7.42. The number of piperidine rings is 1. The molecular weight excluding hydrogens is 398 g/mol. The maximum absolute atomic E-state index is 13.0. The van der Waals surface area contributed by atoms with Gasteiger partial charge in [0.15, 0.2) is 0 Å². The summed E-state index contributed by atoms with van der Waals surface area (Å²) in [6.07, 6.45) is 3.31. The van der Waals surface area contributed by atoms with E-state index in [9.17, 15) is 16.8 Å². The summed E-state index contributed by atoms with van der Waals surface area (Å²) in [6.45, 7) is 3.30. The summed E-state index contributed by atoms with van der Waals surface area (Å²) in [5, 5.41) is 0. The molecule has 2 heterocycles. The molecule has 1 atom stereocenters. The molecule has 2 saturated heterocycles. The average molecular weight is 424 g/mol. The molecule has 0 aliphatic carbocycles. The molecule has 0 bridgehead atoms. The van der Waals surface area contributed by atoms with E-state index in [0.717, 1.165) is 19.3 Å². The van der Waals surface area contributed by atoms with Gasteiger partial charge in [-0.15, -0.1) is 12.4 Å². The van der Waals surface area contributed by atoms with Crippen LogP contribution >= 0.6 is 12.4 Å². The van der Waals surface area contributed by atoms with Crippen molar-refractivity contribution in [3.05, 3.63) is 23.8 Å². The minimum Gasteiger partial charge on any atom is -0.326 e. The Morgan fingerprint density at radius 1 is 0.962 bits per heavy atom. The van der Waals surface area contributed by atoms with E-state index in [-0.39, 0.29) is 34.8 Å². The molecule has 0 unspecified atom stereocenters. The molecule has 0 radical (unpaired) electrons. The maximum atomic E-state index is 13.0. The fraction of sp³-hybridized carbons (Fsp3) is 0.625. The predicted octanol–water partition coefficient (Wildman–Crippen LogP) is 1.31. The summed E-state index contributed by atoms with van der Waals surface area (Å²) >= 11 is 0. The van der Waals surface area contributed by atoms with E-state index in [1.165, 1.54) is 20.7 Å². The number of sulfonamides is 2. The minimum atomic E-state index is -3.73. The SMILES string of the molecule is Cc1ccc(S(=O)(=O)N2CC[C@@H](N)C2)cc1S(=O)(=O)N1CCCCC1.Cl. The molecule has 2 fully saturated rings. The van der Waals surface area contributed by atoms with Gasteiger partial charge in [0, 0.05) is 32.2 Å². The van der Waals surface area contributed by atoms with E-state index in [4.69, 9.17) is 5.73 Å². The van der Waals surface area contributed by atoms with Gasteiger partial charge < -0.3 is 5.73 Å². The number of rotatable bonds is 4. The van der Waals surface area contributed by atoms with Crippen LogP contribution in [0.3, 0.4) is 0 Å². The van der Waals surface area contributed by atoms with Crippen LogP contribution in [0.15, 0.2) is 28.0 Å². The van der Waals surface area contributed by atoms with Gasteiger partial charge in [0.1, 0.15) is 0 Å². The van der Waals surface area contributed by atoms with Crippen LogP contribution in [0.25, 0.3) is 0 Å². The third-order valence-electron chi connectivity index (χ3n) is 4.92. The zero-order valence-corrected chi connectivity index (χ0v) is 17.2. The number of nitrogens with zero attached hydrogens (tertiary/aromatic N) is 2. The lowest BCUT2D eigenvalue weighted by Crippen LogP contribution is -2.36. The molecular formula is C16H26ClN3O4S2. The molecule has 26 heavy (non-hydrogen) atoms. The van der Waals surface area contributed by atoms with Crippen molar-refractivity contribution in [1.29, 1.82) is 0 Å². The van der Waals surface area contributed by atoms with Crippen LogP contribution in [0.4, 0.5) is 0 Å². The highest BCUT2D eigenvalue weighted by atomic mass is 35.5. The zero-order chi connectivity index (χ0) is 18.2. The third-order valence-corrected chi connectivity index (χ3v) is 8.82. The van der Waals surface area contributed by atoms with Crippen LogP contribution in [-0.4, -0.2) is 57.7 Å². The molecule has 148 valence electrons. The normalized spacial score (nSPS) is 22.9. The second-order valence-electron chi connectivity index (χ2n) is 6.80. The Balaban J connectivity index is 0.00000243. The number of hydrogen-bond acceptors (Lipinski definition) is 5. The van der Waals surface area contributed by atoms with Gasteiger partial charge >= 0.3 is 0 Å². The summed E-state index contributed by atoms with van der Waals surface area (Å²) in [5.41, 5.74) is 6.37. The molecule has 1 aromatic rings. The van der Waals surface area contributed by atoms with E-state index in [1.807, 2.05) is 0 Å². The second-order valence-corrected chi connectivity index (χ2v) is 10.6. The molecule has 10 heteroatoms. The van der Waals surface area contributed by atoms with E-state index < -0.39 is 20.0 Å². The molecule has 0 spiro atoms. The van der Waals surface area contributed by atoms with Crippen LogP contribution in [0, 0.1) is 6.92 Å². The Morgan fingerprint density at radius 2 is 1.62 bits per heavy atom. The first-order valence-electron chi connectivity index (χ1n) is 8.59. The van der Waals surface area contributed by atoms with Gasteiger partial charge in [0.2, 0.25) is 20.0 Å². The van der Waals surface area contributed by atoms with Gasteiger partial charge in [-0.25, -0.2) is 16.8 Å². The van der Waals surface area contributed by atoms with Crippen LogP contribution in [0.2, 0.25) is 0 Å². The van der Waals surface area contributed by atoms with Crippen molar-refractivity contribution in [2.45, 2.75) is 48.4 Å². The monoisotopic (exact) mass is 423 g/mol. The van der Waals surface area contributed by atoms with Gasteiger partial charge in [-0.2, -0.15) is 8.61 Å². The van der Waals surface area contributed by atoms with E-state index in [2.05, 4.69) is 0 Å². The fourth-order valence-corrected chi connectivity index (χ4v) is 6.77. The third kappa shape index (κ3) is 4.07. The van der Waals surface area contributed by atoms with Crippen molar-refractivity contribution in [2.75, 3.05) is 26.2 Å². The quantitative estimate of drug-likeness (QED) is 0.786.